The fourth-order valence-electron chi connectivity index (χ4n) is 2.60. The van der Waals surface area contributed by atoms with E-state index in [1.807, 2.05) is 0 Å². The van der Waals surface area contributed by atoms with E-state index in [1.54, 1.807) is 0 Å². The van der Waals surface area contributed by atoms with Gasteiger partial charge < -0.3 is 10.6 Å². The third kappa shape index (κ3) is 5.26. The average molecular weight is 328 g/mol. The number of rotatable bonds is 4. The molecular formula is C16H19F3N2O2. The Labute approximate surface area is 132 Å². The zero-order valence-corrected chi connectivity index (χ0v) is 12.6. The third-order valence-electron chi connectivity index (χ3n) is 3.85. The molecule has 0 aliphatic heterocycles. The molecule has 0 atom stereocenters. The van der Waals surface area contributed by atoms with E-state index >= 15 is 0 Å². The minimum atomic E-state index is -4.44. The molecular weight excluding hydrogens is 309 g/mol. The van der Waals surface area contributed by atoms with Crippen LogP contribution in [0, 0.1) is 0 Å². The predicted molar refractivity (Wildman–Crippen MR) is 78.8 cm³/mol. The molecule has 1 saturated carbocycles. The summed E-state index contributed by atoms with van der Waals surface area (Å²) >= 11 is 0. The van der Waals surface area contributed by atoms with Gasteiger partial charge in [0.05, 0.1) is 12.1 Å². The van der Waals surface area contributed by atoms with Gasteiger partial charge in [-0.3, -0.25) is 9.59 Å². The third-order valence-corrected chi connectivity index (χ3v) is 3.85. The van der Waals surface area contributed by atoms with Crippen molar-refractivity contribution in [3.05, 3.63) is 35.4 Å². The summed E-state index contributed by atoms with van der Waals surface area (Å²) in [5.41, 5.74) is -0.729. The first-order valence-electron chi connectivity index (χ1n) is 7.61. The second-order valence-corrected chi connectivity index (χ2v) is 5.66. The lowest BCUT2D eigenvalue weighted by molar-refractivity contribution is -0.137. The summed E-state index contributed by atoms with van der Waals surface area (Å²) in [6, 6.07) is 4.03. The predicted octanol–water partition coefficient (Wildman–Crippen LogP) is 2.88. The smallest absolute Gasteiger partial charge is 0.352 e. The fraction of sp³-hybridized carbons (Fsp3) is 0.500. The molecule has 1 aliphatic rings. The first kappa shape index (κ1) is 17.3. The van der Waals surface area contributed by atoms with Gasteiger partial charge in [0.15, 0.2) is 0 Å². The number of nitrogens with one attached hydrogen (secondary N) is 2. The molecule has 2 amide bonds. The van der Waals surface area contributed by atoms with Crippen LogP contribution in [0.15, 0.2) is 24.3 Å². The van der Waals surface area contributed by atoms with Crippen LogP contribution in [0.1, 0.15) is 48.0 Å². The molecule has 0 heterocycles. The summed E-state index contributed by atoms with van der Waals surface area (Å²) in [5, 5.41) is 5.27. The summed E-state index contributed by atoms with van der Waals surface area (Å²) in [5.74, 6) is -0.852. The molecule has 2 rings (SSSR count). The highest BCUT2D eigenvalue weighted by Gasteiger charge is 2.30. The number of amides is 2. The quantitative estimate of drug-likeness (QED) is 0.893. The lowest BCUT2D eigenvalue weighted by Gasteiger charge is -2.22. The number of carbonyl (C=O) groups is 2. The van der Waals surface area contributed by atoms with Crippen molar-refractivity contribution in [1.82, 2.24) is 10.6 Å². The molecule has 1 aromatic rings. The first-order valence-corrected chi connectivity index (χ1v) is 7.61. The standard InChI is InChI=1S/C16H19F3N2O2/c17-16(18,19)12-8-6-11(7-9-12)15(23)20-10-14(22)21-13-4-2-1-3-5-13/h6-9,13H,1-5,10H2,(H,20,23)(H,21,22). The van der Waals surface area contributed by atoms with Gasteiger partial charge in [-0.15, -0.1) is 0 Å². The van der Waals surface area contributed by atoms with Crippen LogP contribution in [0.4, 0.5) is 13.2 Å². The van der Waals surface area contributed by atoms with Gasteiger partial charge in [0, 0.05) is 11.6 Å². The van der Waals surface area contributed by atoms with Gasteiger partial charge in [-0.1, -0.05) is 19.3 Å². The molecule has 0 bridgehead atoms. The highest BCUT2D eigenvalue weighted by atomic mass is 19.4. The zero-order chi connectivity index (χ0) is 16.9. The van der Waals surface area contributed by atoms with Crippen LogP contribution < -0.4 is 10.6 Å². The van der Waals surface area contributed by atoms with Crippen LogP contribution in [0.5, 0.6) is 0 Å². The van der Waals surface area contributed by atoms with E-state index in [-0.39, 0.29) is 24.1 Å². The summed E-state index contributed by atoms with van der Waals surface area (Å²) in [6.07, 6.45) is 0.800. The van der Waals surface area contributed by atoms with Crippen LogP contribution >= 0.6 is 0 Å². The fourth-order valence-corrected chi connectivity index (χ4v) is 2.60. The lowest BCUT2D eigenvalue weighted by atomic mass is 9.95. The van der Waals surface area contributed by atoms with Gasteiger partial charge in [0.25, 0.3) is 5.91 Å². The largest absolute Gasteiger partial charge is 0.416 e. The van der Waals surface area contributed by atoms with Gasteiger partial charge in [-0.25, -0.2) is 0 Å². The molecule has 2 N–H and O–H groups in total. The minimum Gasteiger partial charge on any atom is -0.352 e. The summed E-state index contributed by atoms with van der Waals surface area (Å²) < 4.78 is 37.3. The average Bonchev–Trinajstić information content (AvgIpc) is 2.53. The van der Waals surface area contributed by atoms with Crippen molar-refractivity contribution in [3.8, 4) is 0 Å². The highest BCUT2D eigenvalue weighted by Crippen LogP contribution is 2.29. The van der Waals surface area contributed by atoms with Crippen LogP contribution in [-0.2, 0) is 11.0 Å². The van der Waals surface area contributed by atoms with Crippen molar-refractivity contribution in [2.75, 3.05) is 6.54 Å². The van der Waals surface area contributed by atoms with E-state index in [2.05, 4.69) is 10.6 Å². The van der Waals surface area contributed by atoms with Crippen molar-refractivity contribution in [2.24, 2.45) is 0 Å². The Morgan fingerprint density at radius 2 is 1.65 bits per heavy atom. The van der Waals surface area contributed by atoms with Crippen molar-refractivity contribution in [1.29, 1.82) is 0 Å². The number of carbonyl (C=O) groups excluding carboxylic acids is 2. The number of hydrogen-bond acceptors (Lipinski definition) is 2. The van der Waals surface area contributed by atoms with Crippen LogP contribution in [0.3, 0.4) is 0 Å². The molecule has 0 aromatic heterocycles. The summed E-state index contributed by atoms with van der Waals surface area (Å²) in [6.45, 7) is -0.184. The molecule has 1 fully saturated rings. The number of halogens is 3. The Morgan fingerprint density at radius 1 is 1.04 bits per heavy atom. The molecule has 1 aromatic carbocycles. The molecule has 1 aliphatic carbocycles. The van der Waals surface area contributed by atoms with Gasteiger partial charge in [-0.05, 0) is 37.1 Å². The maximum atomic E-state index is 12.4. The van der Waals surface area contributed by atoms with Gasteiger partial charge in [-0.2, -0.15) is 13.2 Å². The van der Waals surface area contributed by atoms with Crippen molar-refractivity contribution >= 4 is 11.8 Å². The van der Waals surface area contributed by atoms with Gasteiger partial charge in [0.2, 0.25) is 5.91 Å². The van der Waals surface area contributed by atoms with E-state index in [1.165, 1.54) is 6.42 Å². The SMILES string of the molecule is O=C(CNC(=O)c1ccc(C(F)(F)F)cc1)NC1CCCCC1. The molecule has 7 heteroatoms. The Bertz CT molecular complexity index is 549. The minimum absolute atomic E-state index is 0.0865. The Morgan fingerprint density at radius 3 is 2.22 bits per heavy atom. The molecule has 0 radical (unpaired) electrons. The molecule has 4 nitrogen and oxygen atoms in total. The van der Waals surface area contributed by atoms with Crippen molar-refractivity contribution in [3.63, 3.8) is 0 Å². The Balaban J connectivity index is 1.81. The highest BCUT2D eigenvalue weighted by molar-refractivity contribution is 5.96. The Kier molecular flexibility index (Phi) is 5.63. The molecule has 0 saturated heterocycles. The number of benzene rings is 1. The lowest BCUT2D eigenvalue weighted by Crippen LogP contribution is -2.42. The van der Waals surface area contributed by atoms with Crippen molar-refractivity contribution < 1.29 is 22.8 Å². The summed E-state index contributed by atoms with van der Waals surface area (Å²) in [7, 11) is 0. The van der Waals surface area contributed by atoms with Gasteiger partial charge >= 0.3 is 6.18 Å². The first-order chi connectivity index (χ1) is 10.9. The van der Waals surface area contributed by atoms with Crippen LogP contribution in [-0.4, -0.2) is 24.4 Å². The molecule has 23 heavy (non-hydrogen) atoms. The second kappa shape index (κ2) is 7.48. The monoisotopic (exact) mass is 328 g/mol. The normalized spacial score (nSPS) is 16.0. The van der Waals surface area contributed by atoms with E-state index < -0.39 is 17.6 Å². The topological polar surface area (TPSA) is 58.2 Å². The number of alkyl halides is 3. The molecule has 0 spiro atoms. The zero-order valence-electron chi connectivity index (χ0n) is 12.6. The van der Waals surface area contributed by atoms with E-state index in [0.29, 0.717) is 0 Å². The van der Waals surface area contributed by atoms with E-state index in [9.17, 15) is 22.8 Å². The van der Waals surface area contributed by atoms with Crippen molar-refractivity contribution in [2.45, 2.75) is 44.3 Å². The number of hydrogen-bond donors (Lipinski definition) is 2. The Hall–Kier alpha value is -2.05. The van der Waals surface area contributed by atoms with Gasteiger partial charge in [0.1, 0.15) is 0 Å². The molecule has 0 unspecified atom stereocenters. The molecule has 126 valence electrons. The van der Waals surface area contributed by atoms with Crippen LogP contribution in [0.2, 0.25) is 0 Å². The maximum absolute atomic E-state index is 12.4. The van der Waals surface area contributed by atoms with E-state index in [4.69, 9.17) is 0 Å². The van der Waals surface area contributed by atoms with Crippen LogP contribution in [0.25, 0.3) is 0 Å². The van der Waals surface area contributed by atoms with E-state index in [0.717, 1.165) is 49.9 Å². The summed E-state index contributed by atoms with van der Waals surface area (Å²) in [4.78, 5) is 23.6. The second-order valence-electron chi connectivity index (χ2n) is 5.66. The maximum Gasteiger partial charge on any atom is 0.416 e.